The van der Waals surface area contributed by atoms with Gasteiger partial charge in [-0.3, -0.25) is 10.1 Å². The van der Waals surface area contributed by atoms with E-state index in [9.17, 15) is 10.1 Å². The van der Waals surface area contributed by atoms with Crippen LogP contribution in [-0.2, 0) is 0 Å². The van der Waals surface area contributed by atoms with Crippen molar-refractivity contribution < 1.29 is 4.92 Å². The highest BCUT2D eigenvalue weighted by molar-refractivity contribution is 6.44. The number of benzene rings is 2. The molecule has 5 heteroatoms. The number of nitro benzene ring substituents is 1. The van der Waals surface area contributed by atoms with Gasteiger partial charge in [-0.25, -0.2) is 0 Å². The molecule has 0 radical (unpaired) electrons. The van der Waals surface area contributed by atoms with Gasteiger partial charge >= 0.3 is 0 Å². The highest BCUT2D eigenvalue weighted by Gasteiger charge is 2.19. The minimum atomic E-state index is -0.517. The van der Waals surface area contributed by atoms with Crippen LogP contribution in [0.1, 0.15) is 0 Å². The molecule has 0 heterocycles. The molecule has 0 fully saturated rings. The molecular weight excluding hydrogens is 237 g/mol. The normalized spacial score (nSPS) is 10.5. The van der Waals surface area contributed by atoms with E-state index < -0.39 is 4.92 Å². The lowest BCUT2D eigenvalue weighted by atomic mass is 10.1. The Morgan fingerprint density at radius 3 is 2.53 bits per heavy atom. The van der Waals surface area contributed by atoms with Crippen LogP contribution in [0, 0.1) is 10.1 Å². The van der Waals surface area contributed by atoms with Crippen molar-refractivity contribution in [2.45, 2.75) is 0 Å². The summed E-state index contributed by atoms with van der Waals surface area (Å²) < 4.78 is 0. The van der Waals surface area contributed by atoms with Crippen LogP contribution in [0.25, 0.3) is 10.8 Å². The van der Waals surface area contributed by atoms with Gasteiger partial charge in [0.15, 0.2) is 0 Å². The molecule has 0 saturated carbocycles. The number of hydrogen-bond acceptors (Lipinski definition) is 2. The molecular formula is C10H5Cl2NO2. The van der Waals surface area contributed by atoms with Gasteiger partial charge in [-0.1, -0.05) is 41.4 Å². The summed E-state index contributed by atoms with van der Waals surface area (Å²) in [6.07, 6.45) is 0. The molecule has 0 unspecified atom stereocenters. The first-order chi connectivity index (χ1) is 7.11. The SMILES string of the molecule is O=[N+]([O-])c1c(Cl)c(Cl)cc2ccccc12. The Morgan fingerprint density at radius 2 is 1.87 bits per heavy atom. The summed E-state index contributed by atoms with van der Waals surface area (Å²) in [6.45, 7) is 0. The predicted molar refractivity (Wildman–Crippen MR) is 60.6 cm³/mol. The van der Waals surface area contributed by atoms with Crippen LogP contribution in [0.4, 0.5) is 5.69 Å². The van der Waals surface area contributed by atoms with E-state index in [1.54, 1.807) is 30.3 Å². The second kappa shape index (κ2) is 3.68. The highest BCUT2D eigenvalue weighted by Crippen LogP contribution is 2.38. The molecule has 15 heavy (non-hydrogen) atoms. The summed E-state index contributed by atoms with van der Waals surface area (Å²) in [5.41, 5.74) is -0.139. The zero-order valence-electron chi connectivity index (χ0n) is 7.41. The summed E-state index contributed by atoms with van der Waals surface area (Å²) >= 11 is 11.6. The third kappa shape index (κ3) is 1.64. The molecule has 0 spiro atoms. The van der Waals surface area contributed by atoms with Crippen molar-refractivity contribution in [3.8, 4) is 0 Å². The molecule has 2 aromatic carbocycles. The summed E-state index contributed by atoms with van der Waals surface area (Å²) in [6, 6.07) is 8.53. The quantitative estimate of drug-likeness (QED) is 0.559. The molecule has 0 aliphatic rings. The molecule has 2 aromatic rings. The lowest BCUT2D eigenvalue weighted by Crippen LogP contribution is -1.91. The molecule has 76 valence electrons. The van der Waals surface area contributed by atoms with E-state index in [1.165, 1.54) is 0 Å². The van der Waals surface area contributed by atoms with Crippen molar-refractivity contribution >= 4 is 39.7 Å². The van der Waals surface area contributed by atoms with Crippen molar-refractivity contribution in [3.05, 3.63) is 50.5 Å². The topological polar surface area (TPSA) is 43.1 Å². The van der Waals surface area contributed by atoms with E-state index in [1.807, 2.05) is 0 Å². The number of nitro groups is 1. The van der Waals surface area contributed by atoms with Crippen LogP contribution >= 0.6 is 23.2 Å². The van der Waals surface area contributed by atoms with Gasteiger partial charge < -0.3 is 0 Å². The lowest BCUT2D eigenvalue weighted by molar-refractivity contribution is -0.382. The average molecular weight is 242 g/mol. The van der Waals surface area contributed by atoms with Crippen LogP contribution in [-0.4, -0.2) is 4.92 Å². The molecule has 0 aromatic heterocycles. The fourth-order valence-electron chi connectivity index (χ4n) is 1.45. The van der Waals surface area contributed by atoms with Crippen molar-refractivity contribution in [1.29, 1.82) is 0 Å². The molecule has 0 aliphatic carbocycles. The third-order valence-electron chi connectivity index (χ3n) is 2.10. The van der Waals surface area contributed by atoms with Crippen LogP contribution in [0.3, 0.4) is 0 Å². The monoisotopic (exact) mass is 241 g/mol. The molecule has 3 nitrogen and oxygen atoms in total. The molecule has 0 N–H and O–H groups in total. The molecule has 2 rings (SSSR count). The standard InChI is InChI=1S/C10H5Cl2NO2/c11-8-5-6-3-1-2-4-7(6)10(9(8)12)13(14)15/h1-5H. The summed E-state index contributed by atoms with van der Waals surface area (Å²) in [4.78, 5) is 10.3. The van der Waals surface area contributed by atoms with Gasteiger partial charge in [-0.15, -0.1) is 0 Å². The first kappa shape index (κ1) is 10.2. The zero-order chi connectivity index (χ0) is 11.0. The number of hydrogen-bond donors (Lipinski definition) is 0. The van der Waals surface area contributed by atoms with E-state index >= 15 is 0 Å². The van der Waals surface area contributed by atoms with Gasteiger partial charge in [0, 0.05) is 0 Å². The van der Waals surface area contributed by atoms with E-state index in [-0.39, 0.29) is 15.7 Å². The smallest absolute Gasteiger partial charge is 0.258 e. The fraction of sp³-hybridized carbons (Fsp3) is 0. The lowest BCUT2D eigenvalue weighted by Gasteiger charge is -2.02. The maximum atomic E-state index is 10.9. The second-order valence-corrected chi connectivity index (χ2v) is 3.78. The number of halogens is 2. The molecule has 0 aliphatic heterocycles. The summed E-state index contributed by atoms with van der Waals surface area (Å²) in [7, 11) is 0. The Morgan fingerprint density at radius 1 is 1.20 bits per heavy atom. The minimum absolute atomic E-state index is 0.0135. The maximum Gasteiger partial charge on any atom is 0.297 e. The molecule has 0 saturated heterocycles. The van der Waals surface area contributed by atoms with Crippen molar-refractivity contribution in [2.75, 3.05) is 0 Å². The largest absolute Gasteiger partial charge is 0.297 e. The third-order valence-corrected chi connectivity index (χ3v) is 2.88. The van der Waals surface area contributed by atoms with Crippen LogP contribution in [0.2, 0.25) is 10.0 Å². The summed E-state index contributed by atoms with van der Waals surface area (Å²) in [5, 5.41) is 12.2. The van der Waals surface area contributed by atoms with Gasteiger partial charge in [0.2, 0.25) is 0 Å². The fourth-order valence-corrected chi connectivity index (χ4v) is 1.88. The molecule has 0 bridgehead atoms. The number of nitrogens with zero attached hydrogens (tertiary/aromatic N) is 1. The van der Waals surface area contributed by atoms with Gasteiger partial charge in [-0.2, -0.15) is 0 Å². The molecule has 0 amide bonds. The Hall–Kier alpha value is -1.32. The van der Waals surface area contributed by atoms with Gasteiger partial charge in [0.1, 0.15) is 5.02 Å². The van der Waals surface area contributed by atoms with E-state index in [0.29, 0.717) is 10.8 Å². The maximum absolute atomic E-state index is 10.9. The minimum Gasteiger partial charge on any atom is -0.258 e. The van der Waals surface area contributed by atoms with Crippen molar-refractivity contribution in [3.63, 3.8) is 0 Å². The van der Waals surface area contributed by atoms with E-state index in [4.69, 9.17) is 23.2 Å². The number of fused-ring (bicyclic) bond motifs is 1. The summed E-state index contributed by atoms with van der Waals surface area (Å²) in [5.74, 6) is 0. The van der Waals surface area contributed by atoms with Gasteiger partial charge in [0.05, 0.1) is 15.3 Å². The van der Waals surface area contributed by atoms with Crippen LogP contribution in [0.15, 0.2) is 30.3 Å². The Bertz CT molecular complexity index is 554. The zero-order valence-corrected chi connectivity index (χ0v) is 8.92. The average Bonchev–Trinajstić information content (AvgIpc) is 2.19. The Labute approximate surface area is 95.4 Å². The molecule has 0 atom stereocenters. The van der Waals surface area contributed by atoms with Gasteiger partial charge in [-0.05, 0) is 17.5 Å². The van der Waals surface area contributed by atoms with E-state index in [2.05, 4.69) is 0 Å². The van der Waals surface area contributed by atoms with Crippen LogP contribution in [0.5, 0.6) is 0 Å². The van der Waals surface area contributed by atoms with Crippen molar-refractivity contribution in [2.24, 2.45) is 0 Å². The number of rotatable bonds is 1. The first-order valence-electron chi connectivity index (χ1n) is 4.12. The van der Waals surface area contributed by atoms with Crippen molar-refractivity contribution in [1.82, 2.24) is 0 Å². The highest BCUT2D eigenvalue weighted by atomic mass is 35.5. The van der Waals surface area contributed by atoms with Gasteiger partial charge in [0.25, 0.3) is 5.69 Å². The first-order valence-corrected chi connectivity index (χ1v) is 4.88. The van der Waals surface area contributed by atoms with E-state index in [0.717, 1.165) is 0 Å². The predicted octanol–water partition coefficient (Wildman–Crippen LogP) is 4.05. The Kier molecular flexibility index (Phi) is 2.50. The van der Waals surface area contributed by atoms with Crippen LogP contribution < -0.4 is 0 Å². The second-order valence-electron chi connectivity index (χ2n) is 3.00. The Balaban J connectivity index is 2.95.